The standard InChI is InChI=1S/C23H22N4O4/c1-3-29-19-10-4-15(5-11-19)21-13-27-17(14-30-21)12-20(25-27)23-24-22(26-31-23)16-6-8-18(28-2)9-7-16/h4-12,21H,3,13-14H2,1-2H3/t21-/m1/s1. The number of hydrogen-bond acceptors (Lipinski definition) is 7. The van der Waals surface area contributed by atoms with Crippen LogP contribution in [0, 0.1) is 0 Å². The van der Waals surface area contributed by atoms with Crippen molar-refractivity contribution >= 4 is 0 Å². The Bertz CT molecular complexity index is 1170. The van der Waals surface area contributed by atoms with Crippen LogP contribution in [0.25, 0.3) is 23.0 Å². The fourth-order valence-corrected chi connectivity index (χ4v) is 3.56. The van der Waals surface area contributed by atoms with Gasteiger partial charge in [-0.1, -0.05) is 17.3 Å². The van der Waals surface area contributed by atoms with Gasteiger partial charge >= 0.3 is 0 Å². The van der Waals surface area contributed by atoms with Crippen LogP contribution in [0.4, 0.5) is 0 Å². The molecule has 1 aliphatic heterocycles. The summed E-state index contributed by atoms with van der Waals surface area (Å²) in [5.74, 6) is 2.52. The highest BCUT2D eigenvalue weighted by atomic mass is 16.5. The largest absolute Gasteiger partial charge is 0.497 e. The molecule has 0 amide bonds. The number of aromatic nitrogens is 4. The molecule has 0 fully saturated rings. The lowest BCUT2D eigenvalue weighted by Gasteiger charge is -2.24. The number of ether oxygens (including phenoxy) is 3. The van der Waals surface area contributed by atoms with Crippen LogP contribution >= 0.6 is 0 Å². The molecule has 158 valence electrons. The minimum Gasteiger partial charge on any atom is -0.497 e. The van der Waals surface area contributed by atoms with Crippen LogP contribution in [0.5, 0.6) is 11.5 Å². The number of hydrogen-bond donors (Lipinski definition) is 0. The molecule has 3 heterocycles. The zero-order chi connectivity index (χ0) is 21.2. The number of methoxy groups -OCH3 is 1. The molecular weight excluding hydrogens is 396 g/mol. The van der Waals surface area contributed by atoms with E-state index in [2.05, 4.69) is 15.2 Å². The molecule has 8 heteroatoms. The SMILES string of the molecule is CCOc1ccc([C@H]2Cn3nc(-c4nc(-c5ccc(OC)cc5)no4)cc3CO2)cc1. The Kier molecular flexibility index (Phi) is 5.13. The molecule has 0 spiro atoms. The summed E-state index contributed by atoms with van der Waals surface area (Å²) in [5, 5.41) is 8.76. The Hall–Kier alpha value is -3.65. The van der Waals surface area contributed by atoms with Crippen LogP contribution in [0.2, 0.25) is 0 Å². The predicted molar refractivity (Wildman–Crippen MR) is 113 cm³/mol. The lowest BCUT2D eigenvalue weighted by atomic mass is 10.1. The molecule has 0 saturated carbocycles. The van der Waals surface area contributed by atoms with Crippen molar-refractivity contribution in [1.29, 1.82) is 0 Å². The first-order valence-corrected chi connectivity index (χ1v) is 10.1. The van der Waals surface area contributed by atoms with Gasteiger partial charge in [0.25, 0.3) is 5.89 Å². The van der Waals surface area contributed by atoms with Gasteiger partial charge in [0, 0.05) is 5.56 Å². The predicted octanol–water partition coefficient (Wildman–Crippen LogP) is 4.28. The molecule has 2 aromatic carbocycles. The van der Waals surface area contributed by atoms with E-state index in [4.69, 9.17) is 18.7 Å². The van der Waals surface area contributed by atoms with Crippen molar-refractivity contribution in [2.45, 2.75) is 26.2 Å². The highest BCUT2D eigenvalue weighted by Crippen LogP contribution is 2.30. The lowest BCUT2D eigenvalue weighted by molar-refractivity contribution is -0.00115. The van der Waals surface area contributed by atoms with Gasteiger partial charge in [-0.25, -0.2) is 0 Å². The van der Waals surface area contributed by atoms with Crippen LogP contribution < -0.4 is 9.47 Å². The summed E-state index contributed by atoms with van der Waals surface area (Å²) < 4.78 is 24.2. The molecule has 4 aromatic rings. The molecular formula is C23H22N4O4. The molecule has 0 aliphatic carbocycles. The van der Waals surface area contributed by atoms with Gasteiger partial charge in [-0.05, 0) is 55.0 Å². The normalized spacial score (nSPS) is 15.5. The van der Waals surface area contributed by atoms with E-state index in [9.17, 15) is 0 Å². The number of nitrogens with zero attached hydrogens (tertiary/aromatic N) is 4. The monoisotopic (exact) mass is 418 g/mol. The van der Waals surface area contributed by atoms with Gasteiger partial charge in [-0.2, -0.15) is 10.1 Å². The molecule has 0 bridgehead atoms. The maximum absolute atomic E-state index is 6.06. The van der Waals surface area contributed by atoms with E-state index in [0.29, 0.717) is 37.2 Å². The summed E-state index contributed by atoms with van der Waals surface area (Å²) in [5.41, 5.74) is 3.55. The van der Waals surface area contributed by atoms with Crippen molar-refractivity contribution < 1.29 is 18.7 Å². The second kappa shape index (κ2) is 8.23. The molecule has 0 radical (unpaired) electrons. The Balaban J connectivity index is 1.33. The van der Waals surface area contributed by atoms with Crippen molar-refractivity contribution in [2.75, 3.05) is 13.7 Å². The fourth-order valence-electron chi connectivity index (χ4n) is 3.56. The second-order valence-corrected chi connectivity index (χ2v) is 7.16. The Morgan fingerprint density at radius 3 is 2.58 bits per heavy atom. The summed E-state index contributed by atoms with van der Waals surface area (Å²) in [4.78, 5) is 4.50. The van der Waals surface area contributed by atoms with E-state index >= 15 is 0 Å². The third kappa shape index (κ3) is 3.89. The van der Waals surface area contributed by atoms with Crippen molar-refractivity contribution in [3.05, 3.63) is 65.9 Å². The molecule has 31 heavy (non-hydrogen) atoms. The Labute approximate surface area is 179 Å². The van der Waals surface area contributed by atoms with Crippen LogP contribution in [-0.2, 0) is 17.9 Å². The van der Waals surface area contributed by atoms with E-state index in [1.807, 2.05) is 66.2 Å². The third-order valence-corrected chi connectivity index (χ3v) is 5.19. The number of benzene rings is 2. The summed E-state index contributed by atoms with van der Waals surface area (Å²) in [6.45, 7) is 3.69. The topological polar surface area (TPSA) is 84.4 Å². The zero-order valence-corrected chi connectivity index (χ0v) is 17.3. The van der Waals surface area contributed by atoms with Gasteiger partial charge < -0.3 is 18.7 Å². The minimum absolute atomic E-state index is 0.0755. The molecule has 0 saturated heterocycles. The van der Waals surface area contributed by atoms with Gasteiger partial charge in [-0.3, -0.25) is 4.68 Å². The molecule has 2 aromatic heterocycles. The Morgan fingerprint density at radius 2 is 1.84 bits per heavy atom. The highest BCUT2D eigenvalue weighted by molar-refractivity contribution is 5.59. The molecule has 1 aliphatic rings. The van der Waals surface area contributed by atoms with Crippen molar-refractivity contribution in [3.63, 3.8) is 0 Å². The molecule has 8 nitrogen and oxygen atoms in total. The Morgan fingerprint density at radius 1 is 1.06 bits per heavy atom. The molecule has 5 rings (SSSR count). The van der Waals surface area contributed by atoms with E-state index in [1.165, 1.54) is 0 Å². The number of fused-ring (bicyclic) bond motifs is 1. The van der Waals surface area contributed by atoms with Gasteiger partial charge in [-0.15, -0.1) is 0 Å². The highest BCUT2D eigenvalue weighted by Gasteiger charge is 2.24. The maximum Gasteiger partial charge on any atom is 0.278 e. The molecule has 0 N–H and O–H groups in total. The summed E-state index contributed by atoms with van der Waals surface area (Å²) >= 11 is 0. The molecule has 0 unspecified atom stereocenters. The van der Waals surface area contributed by atoms with Gasteiger partial charge in [0.1, 0.15) is 17.6 Å². The summed E-state index contributed by atoms with van der Waals surface area (Å²) in [6.07, 6.45) is -0.0755. The average molecular weight is 418 g/mol. The summed E-state index contributed by atoms with van der Waals surface area (Å²) in [6, 6.07) is 17.4. The van der Waals surface area contributed by atoms with Crippen LogP contribution in [0.3, 0.4) is 0 Å². The van der Waals surface area contributed by atoms with Crippen molar-refractivity contribution in [1.82, 2.24) is 19.9 Å². The van der Waals surface area contributed by atoms with E-state index < -0.39 is 0 Å². The van der Waals surface area contributed by atoms with Crippen LogP contribution in [-0.4, -0.2) is 33.6 Å². The van der Waals surface area contributed by atoms with Gasteiger partial charge in [0.05, 0.1) is 32.6 Å². The first-order valence-electron chi connectivity index (χ1n) is 10.1. The van der Waals surface area contributed by atoms with Crippen molar-refractivity contribution in [2.24, 2.45) is 0 Å². The van der Waals surface area contributed by atoms with E-state index in [-0.39, 0.29) is 6.10 Å². The lowest BCUT2D eigenvalue weighted by Crippen LogP contribution is -2.21. The third-order valence-electron chi connectivity index (χ3n) is 5.19. The smallest absolute Gasteiger partial charge is 0.278 e. The number of rotatable bonds is 6. The summed E-state index contributed by atoms with van der Waals surface area (Å²) in [7, 11) is 1.63. The zero-order valence-electron chi connectivity index (χ0n) is 17.3. The van der Waals surface area contributed by atoms with Crippen LogP contribution in [0.1, 0.15) is 24.3 Å². The van der Waals surface area contributed by atoms with Crippen LogP contribution in [0.15, 0.2) is 59.1 Å². The quantitative estimate of drug-likeness (QED) is 0.462. The second-order valence-electron chi connectivity index (χ2n) is 7.16. The maximum atomic E-state index is 6.06. The minimum atomic E-state index is -0.0755. The van der Waals surface area contributed by atoms with Crippen molar-refractivity contribution in [3.8, 4) is 34.5 Å². The van der Waals surface area contributed by atoms with Gasteiger partial charge in [0.2, 0.25) is 5.82 Å². The first kappa shape index (κ1) is 19.3. The van der Waals surface area contributed by atoms with Gasteiger partial charge in [0.15, 0.2) is 5.69 Å². The van der Waals surface area contributed by atoms with E-state index in [0.717, 1.165) is 28.3 Å². The van der Waals surface area contributed by atoms with E-state index in [1.54, 1.807) is 7.11 Å². The molecule has 1 atom stereocenters. The fraction of sp³-hybridized carbons (Fsp3) is 0.261. The average Bonchev–Trinajstić information content (AvgIpc) is 3.47. The first-order chi connectivity index (χ1) is 15.2.